The lowest BCUT2D eigenvalue weighted by Gasteiger charge is -2.25. The lowest BCUT2D eigenvalue weighted by molar-refractivity contribution is -0.123. The molecule has 0 radical (unpaired) electrons. The van der Waals surface area contributed by atoms with Crippen molar-refractivity contribution in [2.75, 3.05) is 13.2 Å². The van der Waals surface area contributed by atoms with Gasteiger partial charge in [-0.3, -0.25) is 4.79 Å². The third-order valence-electron chi connectivity index (χ3n) is 4.23. The second-order valence-electron chi connectivity index (χ2n) is 5.88. The summed E-state index contributed by atoms with van der Waals surface area (Å²) in [7, 11) is 0. The maximum Gasteiger partial charge on any atom is 0.227 e. The van der Waals surface area contributed by atoms with Crippen molar-refractivity contribution in [3.05, 3.63) is 64.7 Å². The third kappa shape index (κ3) is 3.89. The minimum Gasteiger partial charge on any atom is -0.493 e. The quantitative estimate of drug-likeness (QED) is 0.872. The molecule has 5 heteroatoms. The Kier molecular flexibility index (Phi) is 5.38. The number of nitrogens with one attached hydrogen (secondary N) is 1. The molecule has 2 unspecified atom stereocenters. The topological polar surface area (TPSA) is 58.6 Å². The summed E-state index contributed by atoms with van der Waals surface area (Å²) in [4.78, 5) is 12.5. The van der Waals surface area contributed by atoms with E-state index in [2.05, 4.69) is 5.32 Å². The molecule has 0 bridgehead atoms. The Labute approximate surface area is 146 Å². The number of carbonyl (C=O) groups is 1. The van der Waals surface area contributed by atoms with Gasteiger partial charge in [0.25, 0.3) is 0 Å². The fraction of sp³-hybridized carbons (Fsp3) is 0.316. The number of aliphatic hydroxyl groups is 1. The zero-order chi connectivity index (χ0) is 16.9. The highest BCUT2D eigenvalue weighted by Crippen LogP contribution is 2.35. The Hall–Kier alpha value is -2.04. The highest BCUT2D eigenvalue weighted by atomic mass is 35.5. The maximum absolute atomic E-state index is 12.5. The number of fused-ring (bicyclic) bond motifs is 1. The van der Waals surface area contributed by atoms with E-state index in [9.17, 15) is 9.90 Å². The predicted octanol–water partition coefficient (Wildman–Crippen LogP) is 3.45. The molecule has 0 fully saturated rings. The van der Waals surface area contributed by atoms with Gasteiger partial charge in [-0.1, -0.05) is 41.9 Å². The van der Waals surface area contributed by atoms with Gasteiger partial charge in [-0.2, -0.15) is 0 Å². The molecule has 0 spiro atoms. The van der Waals surface area contributed by atoms with E-state index >= 15 is 0 Å². The summed E-state index contributed by atoms with van der Waals surface area (Å²) in [6.07, 6.45) is 0.518. The van der Waals surface area contributed by atoms with Gasteiger partial charge in [0, 0.05) is 17.1 Å². The van der Waals surface area contributed by atoms with E-state index in [-0.39, 0.29) is 11.8 Å². The van der Waals surface area contributed by atoms with E-state index in [0.29, 0.717) is 31.0 Å². The largest absolute Gasteiger partial charge is 0.493 e. The van der Waals surface area contributed by atoms with Crippen LogP contribution in [0.25, 0.3) is 0 Å². The van der Waals surface area contributed by atoms with Crippen LogP contribution in [0.15, 0.2) is 48.5 Å². The van der Waals surface area contributed by atoms with Crippen LogP contribution in [-0.2, 0) is 4.79 Å². The van der Waals surface area contributed by atoms with Crippen molar-refractivity contribution in [2.45, 2.75) is 24.9 Å². The van der Waals surface area contributed by atoms with Crippen molar-refractivity contribution in [1.82, 2.24) is 5.32 Å². The molecule has 24 heavy (non-hydrogen) atoms. The lowest BCUT2D eigenvalue weighted by Crippen LogP contribution is -2.33. The normalized spacial score (nSPS) is 17.5. The van der Waals surface area contributed by atoms with Crippen LogP contribution in [0.3, 0.4) is 0 Å². The molecule has 1 aliphatic heterocycles. The summed E-state index contributed by atoms with van der Waals surface area (Å²) >= 11 is 6.04. The molecule has 1 aliphatic rings. The SMILES string of the molecule is O=C(NCCC(O)c1ccccc1)C1CCOc2ccc(Cl)cc21. The molecule has 0 saturated carbocycles. The number of carbonyl (C=O) groups excluding carboxylic acids is 1. The molecule has 2 N–H and O–H groups in total. The zero-order valence-corrected chi connectivity index (χ0v) is 14.0. The van der Waals surface area contributed by atoms with Gasteiger partial charge in [-0.15, -0.1) is 0 Å². The number of rotatable bonds is 5. The van der Waals surface area contributed by atoms with Crippen molar-refractivity contribution in [2.24, 2.45) is 0 Å². The van der Waals surface area contributed by atoms with Crippen LogP contribution in [0.2, 0.25) is 5.02 Å². The highest BCUT2D eigenvalue weighted by molar-refractivity contribution is 6.30. The van der Waals surface area contributed by atoms with Gasteiger partial charge in [0.15, 0.2) is 0 Å². The first-order valence-electron chi connectivity index (χ1n) is 8.08. The molecule has 0 aliphatic carbocycles. The van der Waals surface area contributed by atoms with Gasteiger partial charge in [0.1, 0.15) is 5.75 Å². The van der Waals surface area contributed by atoms with Crippen LogP contribution in [0.5, 0.6) is 5.75 Å². The lowest BCUT2D eigenvalue weighted by atomic mass is 9.92. The fourth-order valence-corrected chi connectivity index (χ4v) is 3.12. The Bertz CT molecular complexity index is 705. The molecule has 126 valence electrons. The van der Waals surface area contributed by atoms with E-state index in [1.165, 1.54) is 0 Å². The number of ether oxygens (including phenoxy) is 1. The minimum absolute atomic E-state index is 0.0536. The molecule has 4 nitrogen and oxygen atoms in total. The summed E-state index contributed by atoms with van der Waals surface area (Å²) in [6.45, 7) is 0.932. The van der Waals surface area contributed by atoms with Crippen molar-refractivity contribution >= 4 is 17.5 Å². The highest BCUT2D eigenvalue weighted by Gasteiger charge is 2.27. The summed E-state index contributed by atoms with van der Waals surface area (Å²) in [6, 6.07) is 14.8. The third-order valence-corrected chi connectivity index (χ3v) is 4.46. The molecule has 0 aromatic heterocycles. The van der Waals surface area contributed by atoms with Crippen LogP contribution in [0, 0.1) is 0 Å². The van der Waals surface area contributed by atoms with E-state index in [1.54, 1.807) is 18.2 Å². The second kappa shape index (κ2) is 7.69. The average Bonchev–Trinajstić information content (AvgIpc) is 2.61. The number of hydrogen-bond donors (Lipinski definition) is 2. The van der Waals surface area contributed by atoms with Crippen molar-refractivity contribution in [3.63, 3.8) is 0 Å². The van der Waals surface area contributed by atoms with Gasteiger partial charge in [0.05, 0.1) is 18.6 Å². The smallest absolute Gasteiger partial charge is 0.227 e. The summed E-state index contributed by atoms with van der Waals surface area (Å²) in [5.74, 6) is 0.401. The summed E-state index contributed by atoms with van der Waals surface area (Å²) in [5.41, 5.74) is 1.69. The Morgan fingerprint density at radius 3 is 2.88 bits per heavy atom. The molecular weight excluding hydrogens is 326 g/mol. The second-order valence-corrected chi connectivity index (χ2v) is 6.31. The summed E-state index contributed by atoms with van der Waals surface area (Å²) in [5, 5.41) is 13.7. The summed E-state index contributed by atoms with van der Waals surface area (Å²) < 4.78 is 5.58. The molecule has 1 heterocycles. The van der Waals surface area contributed by atoms with E-state index < -0.39 is 6.10 Å². The number of amides is 1. The van der Waals surface area contributed by atoms with E-state index in [1.807, 2.05) is 30.3 Å². The first-order chi connectivity index (χ1) is 11.6. The standard InChI is InChI=1S/C19H20ClNO3/c20-14-6-7-18-16(12-14)15(9-11-24-18)19(23)21-10-8-17(22)13-4-2-1-3-5-13/h1-7,12,15,17,22H,8-11H2,(H,21,23). The van der Waals surface area contributed by atoms with Gasteiger partial charge in [-0.25, -0.2) is 0 Å². The van der Waals surface area contributed by atoms with Crippen LogP contribution >= 0.6 is 11.6 Å². The minimum atomic E-state index is -0.581. The molecule has 0 saturated heterocycles. The fourth-order valence-electron chi connectivity index (χ4n) is 2.93. The van der Waals surface area contributed by atoms with E-state index in [0.717, 1.165) is 16.9 Å². The Morgan fingerprint density at radius 2 is 2.08 bits per heavy atom. The first-order valence-corrected chi connectivity index (χ1v) is 8.46. The Balaban J connectivity index is 1.58. The van der Waals surface area contributed by atoms with Gasteiger partial charge < -0.3 is 15.2 Å². The Morgan fingerprint density at radius 1 is 1.29 bits per heavy atom. The number of hydrogen-bond acceptors (Lipinski definition) is 3. The first kappa shape index (κ1) is 16.8. The van der Waals surface area contributed by atoms with Crippen LogP contribution < -0.4 is 10.1 Å². The van der Waals surface area contributed by atoms with Gasteiger partial charge in [0.2, 0.25) is 5.91 Å². The molecule has 2 atom stereocenters. The van der Waals surface area contributed by atoms with Crippen molar-refractivity contribution in [3.8, 4) is 5.75 Å². The van der Waals surface area contributed by atoms with Crippen molar-refractivity contribution in [1.29, 1.82) is 0 Å². The molecule has 3 rings (SSSR count). The van der Waals surface area contributed by atoms with Gasteiger partial charge >= 0.3 is 0 Å². The number of benzene rings is 2. The van der Waals surface area contributed by atoms with Gasteiger partial charge in [-0.05, 0) is 36.6 Å². The average molecular weight is 346 g/mol. The molecule has 2 aromatic carbocycles. The zero-order valence-electron chi connectivity index (χ0n) is 13.2. The molecule has 1 amide bonds. The van der Waals surface area contributed by atoms with Crippen molar-refractivity contribution < 1.29 is 14.6 Å². The predicted molar refractivity (Wildman–Crippen MR) is 93.3 cm³/mol. The molecular formula is C19H20ClNO3. The van der Waals surface area contributed by atoms with Crippen LogP contribution in [0.4, 0.5) is 0 Å². The maximum atomic E-state index is 12.5. The number of aliphatic hydroxyl groups excluding tert-OH is 1. The van der Waals surface area contributed by atoms with E-state index in [4.69, 9.17) is 16.3 Å². The van der Waals surface area contributed by atoms with Crippen LogP contribution in [0.1, 0.15) is 36.0 Å². The number of halogens is 1. The van der Waals surface area contributed by atoms with Crippen LogP contribution in [-0.4, -0.2) is 24.2 Å². The monoisotopic (exact) mass is 345 g/mol. The molecule has 2 aromatic rings.